The molecule has 0 fully saturated rings. The molecular weight excluding hydrogens is 366 g/mol. The van der Waals surface area contributed by atoms with Gasteiger partial charge in [0.05, 0.1) is 12.9 Å². The van der Waals surface area contributed by atoms with Gasteiger partial charge in [-0.15, -0.1) is 0 Å². The lowest BCUT2D eigenvalue weighted by atomic mass is 10.1. The SMILES string of the molecule is COC(=O)[C@H](CS(C)(=O)=O)NC(=O)c1ccc(C#Cc2ccccc2)cc1. The summed E-state index contributed by atoms with van der Waals surface area (Å²) in [5.41, 5.74) is 1.87. The van der Waals surface area contributed by atoms with E-state index in [4.69, 9.17) is 0 Å². The number of rotatable bonds is 5. The number of methoxy groups -OCH3 is 1. The first-order valence-electron chi connectivity index (χ1n) is 8.02. The highest BCUT2D eigenvalue weighted by molar-refractivity contribution is 7.90. The minimum atomic E-state index is -3.48. The maximum Gasteiger partial charge on any atom is 0.329 e. The summed E-state index contributed by atoms with van der Waals surface area (Å²) in [5.74, 6) is 4.07. The van der Waals surface area contributed by atoms with Crippen molar-refractivity contribution < 1.29 is 22.7 Å². The Kier molecular flexibility index (Phi) is 6.74. The van der Waals surface area contributed by atoms with Crippen molar-refractivity contribution in [2.75, 3.05) is 19.1 Å². The molecule has 1 amide bonds. The molecule has 1 N–H and O–H groups in total. The van der Waals surface area contributed by atoms with Crippen molar-refractivity contribution in [2.24, 2.45) is 0 Å². The summed E-state index contributed by atoms with van der Waals surface area (Å²) < 4.78 is 27.4. The van der Waals surface area contributed by atoms with Gasteiger partial charge in [-0.05, 0) is 36.4 Å². The van der Waals surface area contributed by atoms with Crippen LogP contribution >= 0.6 is 0 Å². The molecule has 0 aliphatic heterocycles. The van der Waals surface area contributed by atoms with E-state index in [9.17, 15) is 18.0 Å². The Morgan fingerprint density at radius 2 is 1.56 bits per heavy atom. The maximum absolute atomic E-state index is 12.3. The normalized spacial score (nSPS) is 11.6. The summed E-state index contributed by atoms with van der Waals surface area (Å²) in [6, 6.07) is 14.7. The minimum Gasteiger partial charge on any atom is -0.467 e. The number of amides is 1. The molecule has 27 heavy (non-hydrogen) atoms. The molecular formula is C20H19NO5S. The molecule has 0 heterocycles. The zero-order chi connectivity index (χ0) is 19.9. The monoisotopic (exact) mass is 385 g/mol. The van der Waals surface area contributed by atoms with Crippen molar-refractivity contribution in [1.82, 2.24) is 5.32 Å². The van der Waals surface area contributed by atoms with Gasteiger partial charge in [-0.1, -0.05) is 30.0 Å². The largest absolute Gasteiger partial charge is 0.467 e. The summed E-state index contributed by atoms with van der Waals surface area (Å²) >= 11 is 0. The van der Waals surface area contributed by atoms with Crippen molar-refractivity contribution >= 4 is 21.7 Å². The molecule has 2 rings (SSSR count). The van der Waals surface area contributed by atoms with E-state index in [0.29, 0.717) is 0 Å². The quantitative estimate of drug-likeness (QED) is 0.621. The second-order valence-electron chi connectivity index (χ2n) is 5.84. The highest BCUT2D eigenvalue weighted by Gasteiger charge is 2.26. The number of benzene rings is 2. The van der Waals surface area contributed by atoms with Crippen LogP contribution < -0.4 is 5.32 Å². The van der Waals surface area contributed by atoms with Crippen molar-refractivity contribution in [1.29, 1.82) is 0 Å². The highest BCUT2D eigenvalue weighted by Crippen LogP contribution is 2.06. The highest BCUT2D eigenvalue weighted by atomic mass is 32.2. The zero-order valence-electron chi connectivity index (χ0n) is 14.9. The van der Waals surface area contributed by atoms with Crippen molar-refractivity contribution in [2.45, 2.75) is 6.04 Å². The minimum absolute atomic E-state index is 0.280. The van der Waals surface area contributed by atoms with Crippen molar-refractivity contribution in [3.8, 4) is 11.8 Å². The van der Waals surface area contributed by atoms with E-state index in [-0.39, 0.29) is 5.56 Å². The van der Waals surface area contributed by atoms with Crippen LogP contribution in [0, 0.1) is 11.8 Å². The van der Waals surface area contributed by atoms with Crippen LogP contribution in [0.3, 0.4) is 0 Å². The average Bonchev–Trinajstić information content (AvgIpc) is 2.65. The molecule has 0 radical (unpaired) electrons. The van der Waals surface area contributed by atoms with Crippen LogP contribution in [0.2, 0.25) is 0 Å². The van der Waals surface area contributed by atoms with E-state index in [1.165, 1.54) is 0 Å². The Hall–Kier alpha value is -3.11. The number of hydrogen-bond donors (Lipinski definition) is 1. The Balaban J connectivity index is 2.10. The third-order valence-electron chi connectivity index (χ3n) is 3.53. The molecule has 1 atom stereocenters. The molecule has 0 bridgehead atoms. The molecule has 0 spiro atoms. The fraction of sp³-hybridized carbons (Fsp3) is 0.200. The maximum atomic E-state index is 12.3. The second-order valence-corrected chi connectivity index (χ2v) is 8.02. The Labute approximate surface area is 158 Å². The van der Waals surface area contributed by atoms with E-state index in [1.54, 1.807) is 24.3 Å². The smallest absolute Gasteiger partial charge is 0.329 e. The first-order chi connectivity index (χ1) is 12.8. The van der Waals surface area contributed by atoms with Gasteiger partial charge in [-0.2, -0.15) is 0 Å². The molecule has 0 aromatic heterocycles. The number of nitrogens with one attached hydrogen (secondary N) is 1. The van der Waals surface area contributed by atoms with Crippen LogP contribution in [0.15, 0.2) is 54.6 Å². The summed E-state index contributed by atoms with van der Waals surface area (Å²) in [7, 11) is -2.35. The second kappa shape index (κ2) is 9.01. The van der Waals surface area contributed by atoms with Gasteiger partial charge in [-0.25, -0.2) is 13.2 Å². The predicted octanol–water partition coefficient (Wildman–Crippen LogP) is 1.40. The first-order valence-corrected chi connectivity index (χ1v) is 10.1. The number of carbonyl (C=O) groups excluding carboxylic acids is 2. The summed E-state index contributed by atoms with van der Waals surface area (Å²) in [6.45, 7) is 0. The van der Waals surface area contributed by atoms with E-state index in [2.05, 4.69) is 21.9 Å². The molecule has 6 nitrogen and oxygen atoms in total. The van der Waals surface area contributed by atoms with Crippen LogP contribution in [-0.2, 0) is 19.4 Å². The molecule has 7 heteroatoms. The van der Waals surface area contributed by atoms with Gasteiger partial charge in [0.25, 0.3) is 5.91 Å². The predicted molar refractivity (Wildman–Crippen MR) is 102 cm³/mol. The molecule has 2 aromatic carbocycles. The van der Waals surface area contributed by atoms with Gasteiger partial charge in [0.2, 0.25) is 0 Å². The molecule has 0 saturated heterocycles. The lowest BCUT2D eigenvalue weighted by Gasteiger charge is -2.15. The Morgan fingerprint density at radius 3 is 2.07 bits per heavy atom. The first kappa shape index (κ1) is 20.2. The van der Waals surface area contributed by atoms with Crippen LogP contribution in [0.25, 0.3) is 0 Å². The molecule has 0 aliphatic rings. The standard InChI is InChI=1S/C20H19NO5S/c1-26-20(23)18(14-27(2,24)25)21-19(22)17-12-10-16(11-13-17)9-8-15-6-4-3-5-7-15/h3-7,10-13,18H,14H2,1-2H3,(H,21,22)/t18-/m0/s1. The zero-order valence-corrected chi connectivity index (χ0v) is 15.7. The fourth-order valence-electron chi connectivity index (χ4n) is 2.23. The molecule has 140 valence electrons. The lowest BCUT2D eigenvalue weighted by Crippen LogP contribution is -2.45. The molecule has 0 unspecified atom stereocenters. The fourth-order valence-corrected chi connectivity index (χ4v) is 3.05. The van der Waals surface area contributed by atoms with Gasteiger partial charge in [0.1, 0.15) is 15.9 Å². The van der Waals surface area contributed by atoms with E-state index in [1.807, 2.05) is 30.3 Å². The number of hydrogen-bond acceptors (Lipinski definition) is 5. The Morgan fingerprint density at radius 1 is 1.00 bits per heavy atom. The lowest BCUT2D eigenvalue weighted by molar-refractivity contribution is -0.142. The van der Waals surface area contributed by atoms with Gasteiger partial charge < -0.3 is 10.1 Å². The summed E-state index contributed by atoms with van der Waals surface area (Å²) in [4.78, 5) is 24.0. The number of carbonyl (C=O) groups is 2. The third-order valence-corrected chi connectivity index (χ3v) is 4.47. The number of esters is 1. The van der Waals surface area contributed by atoms with Gasteiger partial charge in [0, 0.05) is 22.9 Å². The van der Waals surface area contributed by atoms with E-state index in [0.717, 1.165) is 24.5 Å². The van der Waals surface area contributed by atoms with Crippen LogP contribution in [-0.4, -0.2) is 45.5 Å². The summed E-state index contributed by atoms with van der Waals surface area (Å²) in [6.07, 6.45) is 0.981. The van der Waals surface area contributed by atoms with E-state index >= 15 is 0 Å². The summed E-state index contributed by atoms with van der Waals surface area (Å²) in [5, 5.41) is 2.39. The van der Waals surface area contributed by atoms with Crippen molar-refractivity contribution in [3.05, 3.63) is 71.3 Å². The molecule has 0 saturated carbocycles. The molecule has 0 aliphatic carbocycles. The van der Waals surface area contributed by atoms with Crippen LogP contribution in [0.4, 0.5) is 0 Å². The van der Waals surface area contributed by atoms with Crippen LogP contribution in [0.1, 0.15) is 21.5 Å². The average molecular weight is 385 g/mol. The number of ether oxygens (including phenoxy) is 1. The Bertz CT molecular complexity index is 971. The third kappa shape index (κ3) is 6.60. The van der Waals surface area contributed by atoms with Crippen LogP contribution in [0.5, 0.6) is 0 Å². The van der Waals surface area contributed by atoms with Crippen molar-refractivity contribution in [3.63, 3.8) is 0 Å². The van der Waals surface area contributed by atoms with Gasteiger partial charge in [0.15, 0.2) is 0 Å². The van der Waals surface area contributed by atoms with Gasteiger partial charge >= 0.3 is 5.97 Å². The molecule has 2 aromatic rings. The topological polar surface area (TPSA) is 89.5 Å². The number of sulfone groups is 1. The van der Waals surface area contributed by atoms with Gasteiger partial charge in [-0.3, -0.25) is 4.79 Å². The van der Waals surface area contributed by atoms with E-state index < -0.39 is 33.5 Å².